The van der Waals surface area contributed by atoms with E-state index in [1.165, 1.54) is 12.1 Å². The number of methoxy groups -OCH3 is 1. The van der Waals surface area contributed by atoms with Crippen molar-refractivity contribution in [3.05, 3.63) is 11.9 Å². The van der Waals surface area contributed by atoms with E-state index in [0.29, 0.717) is 0 Å². The molecule has 1 aliphatic heterocycles. The molecule has 1 aromatic rings. The smallest absolute Gasteiger partial charge is 0.205 e. The summed E-state index contributed by atoms with van der Waals surface area (Å²) in [4.78, 5) is 7.14. The molecule has 0 unspecified atom stereocenters. The maximum atomic E-state index is 5.18. The molecule has 0 aliphatic carbocycles. The first kappa shape index (κ1) is 13.4. The summed E-state index contributed by atoms with van der Waals surface area (Å²) in [6, 6.07) is 0. The summed E-state index contributed by atoms with van der Waals surface area (Å²) in [5.41, 5.74) is 1.17. The van der Waals surface area contributed by atoms with E-state index < -0.39 is 0 Å². The zero-order valence-electron chi connectivity index (χ0n) is 11.5. The summed E-state index contributed by atoms with van der Waals surface area (Å²) in [6.07, 6.45) is 4.32. The van der Waals surface area contributed by atoms with E-state index in [9.17, 15) is 0 Å². The number of nitrogens with one attached hydrogen (secondary N) is 1. The molecule has 1 aliphatic rings. The fourth-order valence-electron chi connectivity index (χ4n) is 2.28. The first-order valence-corrected chi connectivity index (χ1v) is 6.85. The third-order valence-corrected chi connectivity index (χ3v) is 3.33. The van der Waals surface area contributed by atoms with E-state index in [1.807, 2.05) is 0 Å². The average molecular weight is 252 g/mol. The van der Waals surface area contributed by atoms with E-state index in [-0.39, 0.29) is 0 Å². The molecule has 0 amide bonds. The summed E-state index contributed by atoms with van der Waals surface area (Å²) < 4.78 is 7.41. The second-order valence-electron chi connectivity index (χ2n) is 4.66. The predicted octanol–water partition coefficient (Wildman–Crippen LogP) is 0.892. The number of rotatable bonds is 5. The minimum atomic E-state index is 0.735. The SMILES string of the molecule is CCc1cn(CCOC)c(N2CCCNCC2)n1. The molecule has 1 aromatic heterocycles. The highest BCUT2D eigenvalue weighted by Crippen LogP contribution is 2.16. The molecule has 0 aromatic carbocycles. The minimum absolute atomic E-state index is 0.735. The zero-order valence-corrected chi connectivity index (χ0v) is 11.5. The van der Waals surface area contributed by atoms with Crippen molar-refractivity contribution in [1.29, 1.82) is 0 Å². The zero-order chi connectivity index (χ0) is 12.8. The van der Waals surface area contributed by atoms with Crippen molar-refractivity contribution in [2.24, 2.45) is 0 Å². The Hall–Kier alpha value is -1.07. The predicted molar refractivity (Wildman–Crippen MR) is 73.2 cm³/mol. The van der Waals surface area contributed by atoms with Crippen LogP contribution in [0.2, 0.25) is 0 Å². The monoisotopic (exact) mass is 252 g/mol. The van der Waals surface area contributed by atoms with Gasteiger partial charge in [-0.2, -0.15) is 0 Å². The van der Waals surface area contributed by atoms with Gasteiger partial charge in [0.15, 0.2) is 0 Å². The normalized spacial score (nSPS) is 16.9. The van der Waals surface area contributed by atoms with Crippen LogP contribution in [0.5, 0.6) is 0 Å². The summed E-state index contributed by atoms with van der Waals surface area (Å²) in [5.74, 6) is 1.10. The third kappa shape index (κ3) is 3.23. The fourth-order valence-corrected chi connectivity index (χ4v) is 2.28. The molecule has 102 valence electrons. The van der Waals surface area contributed by atoms with Crippen molar-refractivity contribution in [3.8, 4) is 0 Å². The molecule has 1 N–H and O–H groups in total. The Kier molecular flexibility index (Phi) is 5.01. The first-order chi connectivity index (χ1) is 8.85. The lowest BCUT2D eigenvalue weighted by atomic mass is 10.4. The Morgan fingerprint density at radius 3 is 3.06 bits per heavy atom. The largest absolute Gasteiger partial charge is 0.383 e. The van der Waals surface area contributed by atoms with Crippen molar-refractivity contribution in [2.75, 3.05) is 44.8 Å². The highest BCUT2D eigenvalue weighted by Gasteiger charge is 2.16. The number of hydrogen-bond acceptors (Lipinski definition) is 4. The second-order valence-corrected chi connectivity index (χ2v) is 4.66. The lowest BCUT2D eigenvalue weighted by Gasteiger charge is -2.22. The summed E-state index contributed by atoms with van der Waals surface area (Å²) in [6.45, 7) is 8.03. The molecule has 0 bridgehead atoms. The molecule has 2 rings (SSSR count). The van der Waals surface area contributed by atoms with Crippen LogP contribution in [-0.2, 0) is 17.7 Å². The van der Waals surface area contributed by atoms with Gasteiger partial charge in [0.2, 0.25) is 5.95 Å². The van der Waals surface area contributed by atoms with Crippen LogP contribution in [0.1, 0.15) is 19.0 Å². The van der Waals surface area contributed by atoms with Crippen LogP contribution in [0, 0.1) is 0 Å². The van der Waals surface area contributed by atoms with Gasteiger partial charge in [-0.1, -0.05) is 6.92 Å². The molecule has 0 radical (unpaired) electrons. The Bertz CT molecular complexity index is 356. The van der Waals surface area contributed by atoms with Gasteiger partial charge in [0.05, 0.1) is 12.3 Å². The van der Waals surface area contributed by atoms with Gasteiger partial charge in [-0.25, -0.2) is 4.98 Å². The molecule has 2 heterocycles. The number of hydrogen-bond donors (Lipinski definition) is 1. The fraction of sp³-hybridized carbons (Fsp3) is 0.769. The molecule has 1 saturated heterocycles. The van der Waals surface area contributed by atoms with Crippen LogP contribution in [0.25, 0.3) is 0 Å². The van der Waals surface area contributed by atoms with Crippen LogP contribution in [0.15, 0.2) is 6.20 Å². The summed E-state index contributed by atoms with van der Waals surface area (Å²) in [5, 5.41) is 3.43. The second kappa shape index (κ2) is 6.75. The van der Waals surface area contributed by atoms with Gasteiger partial charge in [-0.3, -0.25) is 0 Å². The highest BCUT2D eigenvalue weighted by molar-refractivity contribution is 5.34. The van der Waals surface area contributed by atoms with Crippen molar-refractivity contribution >= 4 is 5.95 Å². The number of aryl methyl sites for hydroxylation is 1. The van der Waals surface area contributed by atoms with Crippen LogP contribution in [0.3, 0.4) is 0 Å². The van der Waals surface area contributed by atoms with Crippen LogP contribution in [0.4, 0.5) is 5.95 Å². The van der Waals surface area contributed by atoms with Crippen molar-refractivity contribution in [3.63, 3.8) is 0 Å². The molecule has 5 heteroatoms. The van der Waals surface area contributed by atoms with E-state index in [2.05, 4.69) is 27.9 Å². The lowest BCUT2D eigenvalue weighted by Crippen LogP contribution is -2.30. The number of aromatic nitrogens is 2. The number of anilines is 1. The van der Waals surface area contributed by atoms with E-state index in [1.54, 1.807) is 7.11 Å². The van der Waals surface area contributed by atoms with Crippen LogP contribution < -0.4 is 10.2 Å². The van der Waals surface area contributed by atoms with Gasteiger partial charge < -0.3 is 19.5 Å². The average Bonchev–Trinajstić information content (AvgIpc) is 2.61. The molecule has 18 heavy (non-hydrogen) atoms. The minimum Gasteiger partial charge on any atom is -0.383 e. The molecule has 1 fully saturated rings. The molecule has 5 nitrogen and oxygen atoms in total. The van der Waals surface area contributed by atoms with E-state index in [0.717, 1.165) is 51.7 Å². The summed E-state index contributed by atoms with van der Waals surface area (Å²) >= 11 is 0. The number of imidazole rings is 1. The molecular formula is C13H24N4O. The number of nitrogens with zero attached hydrogens (tertiary/aromatic N) is 3. The highest BCUT2D eigenvalue weighted by atomic mass is 16.5. The Morgan fingerprint density at radius 2 is 2.28 bits per heavy atom. The first-order valence-electron chi connectivity index (χ1n) is 6.85. The van der Waals surface area contributed by atoms with Crippen molar-refractivity contribution < 1.29 is 4.74 Å². The molecule has 0 saturated carbocycles. The van der Waals surface area contributed by atoms with E-state index in [4.69, 9.17) is 9.72 Å². The van der Waals surface area contributed by atoms with Crippen LogP contribution >= 0.6 is 0 Å². The quantitative estimate of drug-likeness (QED) is 0.845. The van der Waals surface area contributed by atoms with Gasteiger partial charge >= 0.3 is 0 Å². The summed E-state index contributed by atoms with van der Waals surface area (Å²) in [7, 11) is 1.74. The molecular weight excluding hydrogens is 228 g/mol. The van der Waals surface area contributed by atoms with Gasteiger partial charge in [-0.05, 0) is 19.4 Å². The Morgan fingerprint density at radius 1 is 1.39 bits per heavy atom. The topological polar surface area (TPSA) is 42.3 Å². The van der Waals surface area contributed by atoms with Crippen LogP contribution in [-0.4, -0.2) is 49.4 Å². The van der Waals surface area contributed by atoms with Gasteiger partial charge in [0.25, 0.3) is 0 Å². The lowest BCUT2D eigenvalue weighted by molar-refractivity contribution is 0.187. The van der Waals surface area contributed by atoms with E-state index >= 15 is 0 Å². The number of ether oxygens (including phenoxy) is 1. The maximum absolute atomic E-state index is 5.18. The standard InChI is InChI=1S/C13H24N4O/c1-3-12-11-17(9-10-18-2)13(15-12)16-7-4-5-14-6-8-16/h11,14H,3-10H2,1-2H3. The molecule has 0 spiro atoms. The van der Waals surface area contributed by atoms with Gasteiger partial charge in [-0.15, -0.1) is 0 Å². The Balaban J connectivity index is 2.14. The maximum Gasteiger partial charge on any atom is 0.205 e. The van der Waals surface area contributed by atoms with Gasteiger partial charge in [0.1, 0.15) is 0 Å². The third-order valence-electron chi connectivity index (χ3n) is 3.33. The molecule has 0 atom stereocenters. The van der Waals surface area contributed by atoms with Crippen molar-refractivity contribution in [1.82, 2.24) is 14.9 Å². The van der Waals surface area contributed by atoms with Gasteiger partial charge in [0, 0.05) is 39.5 Å². The van der Waals surface area contributed by atoms with Crippen molar-refractivity contribution in [2.45, 2.75) is 26.3 Å². The Labute approximate surface area is 109 Å².